The number of thiophene rings is 1. The lowest BCUT2D eigenvalue weighted by Crippen LogP contribution is -2.32. The molecule has 2 heterocycles. The quantitative estimate of drug-likeness (QED) is 0.199. The average Bonchev–Trinajstić information content (AvgIpc) is 3.63. The molecule has 0 saturated heterocycles. The van der Waals surface area contributed by atoms with Crippen LogP contribution in [0.1, 0.15) is 22.3 Å². The van der Waals surface area contributed by atoms with E-state index < -0.39 is 5.41 Å². The van der Waals surface area contributed by atoms with Crippen LogP contribution in [-0.2, 0) is 5.41 Å². The SMILES string of the molecule is c1ccc(N(c2ccccc2)c2cccc3sc4cc5c(cc4c23)Oc2ccccc2C52c3ccccc3-c3ccccc32)cc1. The third kappa shape index (κ3) is 3.41. The highest BCUT2D eigenvalue weighted by Crippen LogP contribution is 2.63. The normalized spacial score (nSPS) is 13.6. The lowest BCUT2D eigenvalue weighted by Gasteiger charge is -2.39. The maximum Gasteiger partial charge on any atom is 0.132 e. The Morgan fingerprint density at radius 2 is 1.04 bits per heavy atom. The van der Waals surface area contributed by atoms with Gasteiger partial charge in [-0.3, -0.25) is 0 Å². The molecule has 0 atom stereocenters. The lowest BCUT2D eigenvalue weighted by atomic mass is 9.66. The minimum absolute atomic E-state index is 0.468. The molecule has 0 N–H and O–H groups in total. The van der Waals surface area contributed by atoms with E-state index >= 15 is 0 Å². The zero-order valence-electron chi connectivity index (χ0n) is 24.9. The zero-order valence-corrected chi connectivity index (χ0v) is 25.7. The Kier molecular flexibility index (Phi) is 5.40. The summed E-state index contributed by atoms with van der Waals surface area (Å²) in [6.45, 7) is 0. The number of hydrogen-bond donors (Lipinski definition) is 0. The van der Waals surface area contributed by atoms with Gasteiger partial charge in [-0.25, -0.2) is 0 Å². The minimum Gasteiger partial charge on any atom is -0.457 e. The topological polar surface area (TPSA) is 12.5 Å². The molecule has 0 saturated carbocycles. The second-order valence-corrected chi connectivity index (χ2v) is 13.1. The second kappa shape index (κ2) is 9.68. The summed E-state index contributed by atoms with van der Waals surface area (Å²) in [6.07, 6.45) is 0. The average molecular weight is 606 g/mol. The van der Waals surface area contributed by atoms with Crippen LogP contribution in [0.15, 0.2) is 164 Å². The van der Waals surface area contributed by atoms with Crippen molar-refractivity contribution >= 4 is 48.6 Å². The molecule has 0 fully saturated rings. The summed E-state index contributed by atoms with van der Waals surface area (Å²) >= 11 is 1.86. The number of anilines is 3. The monoisotopic (exact) mass is 605 g/mol. The third-order valence-corrected chi connectivity index (χ3v) is 10.8. The van der Waals surface area contributed by atoms with E-state index in [1.54, 1.807) is 0 Å². The summed E-state index contributed by atoms with van der Waals surface area (Å²) in [7, 11) is 0. The molecule has 2 nitrogen and oxygen atoms in total. The van der Waals surface area contributed by atoms with Crippen LogP contribution in [0, 0.1) is 0 Å². The van der Waals surface area contributed by atoms with Gasteiger partial charge in [-0.1, -0.05) is 109 Å². The van der Waals surface area contributed by atoms with Crippen molar-refractivity contribution in [1.29, 1.82) is 0 Å². The van der Waals surface area contributed by atoms with Crippen molar-refractivity contribution < 1.29 is 4.74 Å². The van der Waals surface area contributed by atoms with E-state index in [-0.39, 0.29) is 0 Å². The van der Waals surface area contributed by atoms with Gasteiger partial charge in [0.15, 0.2) is 0 Å². The van der Waals surface area contributed by atoms with E-state index in [1.165, 1.54) is 53.6 Å². The molecular formula is C43H27NOS. The van der Waals surface area contributed by atoms with E-state index in [0.29, 0.717) is 0 Å². The predicted octanol–water partition coefficient (Wildman–Crippen LogP) is 12.0. The molecule has 0 amide bonds. The fourth-order valence-electron chi connectivity index (χ4n) is 7.92. The molecule has 0 bridgehead atoms. The van der Waals surface area contributed by atoms with Crippen molar-refractivity contribution in [3.05, 3.63) is 186 Å². The van der Waals surface area contributed by atoms with Crippen molar-refractivity contribution in [2.75, 3.05) is 4.90 Å². The highest BCUT2D eigenvalue weighted by Gasteiger charge is 2.51. The Balaban J connectivity index is 1.29. The highest BCUT2D eigenvalue weighted by atomic mass is 32.1. The van der Waals surface area contributed by atoms with Crippen molar-refractivity contribution in [3.63, 3.8) is 0 Å². The number of para-hydroxylation sites is 3. The van der Waals surface area contributed by atoms with Gasteiger partial charge in [-0.15, -0.1) is 11.3 Å². The molecule has 216 valence electrons. The Morgan fingerprint density at radius 1 is 0.457 bits per heavy atom. The van der Waals surface area contributed by atoms with Gasteiger partial charge in [-0.05, 0) is 76.9 Å². The van der Waals surface area contributed by atoms with E-state index in [2.05, 4.69) is 169 Å². The summed E-state index contributed by atoms with van der Waals surface area (Å²) in [4.78, 5) is 2.37. The van der Waals surface area contributed by atoms with Gasteiger partial charge in [-0.2, -0.15) is 0 Å². The number of benzene rings is 7. The molecule has 1 aliphatic carbocycles. The van der Waals surface area contributed by atoms with Crippen LogP contribution < -0.4 is 9.64 Å². The van der Waals surface area contributed by atoms with Gasteiger partial charge >= 0.3 is 0 Å². The maximum absolute atomic E-state index is 6.88. The smallest absolute Gasteiger partial charge is 0.132 e. The summed E-state index contributed by atoms with van der Waals surface area (Å²) in [6, 6.07) is 59.1. The number of nitrogens with zero attached hydrogens (tertiary/aromatic N) is 1. The van der Waals surface area contributed by atoms with Crippen molar-refractivity contribution in [2.45, 2.75) is 5.41 Å². The molecule has 1 aromatic heterocycles. The largest absolute Gasteiger partial charge is 0.457 e. The maximum atomic E-state index is 6.88. The molecular weight excluding hydrogens is 579 g/mol. The summed E-state index contributed by atoms with van der Waals surface area (Å²) in [5, 5.41) is 2.45. The van der Waals surface area contributed by atoms with Gasteiger partial charge in [0.25, 0.3) is 0 Å². The number of rotatable bonds is 3. The van der Waals surface area contributed by atoms with Crippen LogP contribution in [-0.4, -0.2) is 0 Å². The van der Waals surface area contributed by atoms with Crippen molar-refractivity contribution in [2.24, 2.45) is 0 Å². The van der Waals surface area contributed by atoms with Crippen LogP contribution in [0.25, 0.3) is 31.3 Å². The Hall–Kier alpha value is -5.64. The van der Waals surface area contributed by atoms with Crippen LogP contribution >= 0.6 is 11.3 Å². The Bertz CT molecular complexity index is 2380. The van der Waals surface area contributed by atoms with E-state index in [4.69, 9.17) is 4.74 Å². The Morgan fingerprint density at radius 3 is 1.72 bits per heavy atom. The highest BCUT2D eigenvalue weighted by molar-refractivity contribution is 7.26. The molecule has 0 unspecified atom stereocenters. The first-order valence-electron chi connectivity index (χ1n) is 15.7. The first-order valence-corrected chi connectivity index (χ1v) is 16.5. The van der Waals surface area contributed by atoms with Gasteiger partial charge in [0, 0.05) is 42.7 Å². The van der Waals surface area contributed by atoms with Crippen LogP contribution in [0.5, 0.6) is 11.5 Å². The van der Waals surface area contributed by atoms with E-state index in [9.17, 15) is 0 Å². The van der Waals surface area contributed by atoms with Gasteiger partial charge < -0.3 is 9.64 Å². The molecule has 2 aliphatic rings. The van der Waals surface area contributed by atoms with E-state index in [0.717, 1.165) is 28.6 Å². The van der Waals surface area contributed by atoms with Crippen LogP contribution in [0.2, 0.25) is 0 Å². The molecule has 3 heteroatoms. The van der Waals surface area contributed by atoms with Gasteiger partial charge in [0.05, 0.1) is 11.1 Å². The summed E-state index contributed by atoms with van der Waals surface area (Å²) in [5.74, 6) is 1.83. The summed E-state index contributed by atoms with van der Waals surface area (Å²) < 4.78 is 9.39. The zero-order chi connectivity index (χ0) is 30.2. The first kappa shape index (κ1) is 25.7. The molecule has 10 rings (SSSR count). The predicted molar refractivity (Wildman–Crippen MR) is 191 cm³/mol. The molecule has 0 radical (unpaired) electrons. The minimum atomic E-state index is -0.468. The van der Waals surface area contributed by atoms with Gasteiger partial charge in [0.2, 0.25) is 0 Å². The molecule has 7 aromatic carbocycles. The van der Waals surface area contributed by atoms with Crippen LogP contribution in [0.4, 0.5) is 17.1 Å². The Labute approximate surface area is 271 Å². The number of fused-ring (bicyclic) bond motifs is 12. The standard InChI is InChI=1S/C43H27NOS/c1-3-14-28(15-4-1)44(29-16-5-2-6-17-29)37-23-13-25-40-42(37)32-26-39-36(27-41(32)46-40)43(35-22-11-12-24-38(35)45-39)33-20-9-7-18-30(33)31-19-8-10-21-34(31)43/h1-27H. The number of ether oxygens (including phenoxy) is 1. The van der Waals surface area contributed by atoms with Crippen molar-refractivity contribution in [1.82, 2.24) is 0 Å². The molecule has 46 heavy (non-hydrogen) atoms. The molecule has 1 spiro atoms. The number of hydrogen-bond acceptors (Lipinski definition) is 3. The summed E-state index contributed by atoms with van der Waals surface area (Å²) in [5.41, 5.74) is 10.5. The first-order chi connectivity index (χ1) is 22.8. The molecule has 1 aliphatic heterocycles. The van der Waals surface area contributed by atoms with E-state index in [1.807, 2.05) is 11.3 Å². The fraction of sp³-hybridized carbons (Fsp3) is 0.0233. The van der Waals surface area contributed by atoms with Crippen LogP contribution in [0.3, 0.4) is 0 Å². The van der Waals surface area contributed by atoms with Gasteiger partial charge in [0.1, 0.15) is 11.5 Å². The molecule has 8 aromatic rings. The van der Waals surface area contributed by atoms with Crippen molar-refractivity contribution in [3.8, 4) is 22.6 Å². The lowest BCUT2D eigenvalue weighted by molar-refractivity contribution is 0.437. The second-order valence-electron chi connectivity index (χ2n) is 12.0. The third-order valence-electron chi connectivity index (χ3n) is 9.71. The fourth-order valence-corrected chi connectivity index (χ4v) is 9.07.